The minimum atomic E-state index is -0.347. The van der Waals surface area contributed by atoms with Gasteiger partial charge in [-0.15, -0.1) is 0 Å². The molecule has 0 bridgehead atoms. The quantitative estimate of drug-likeness (QED) is 0.865. The van der Waals surface area contributed by atoms with Crippen molar-refractivity contribution in [3.8, 4) is 5.75 Å². The first-order valence-corrected chi connectivity index (χ1v) is 7.64. The van der Waals surface area contributed by atoms with E-state index in [4.69, 9.17) is 33.7 Å². The Morgan fingerprint density at radius 1 is 1.14 bits per heavy atom. The minimum Gasteiger partial charge on any atom is -0.487 e. The van der Waals surface area contributed by atoms with E-state index in [0.717, 1.165) is 23.3 Å². The lowest BCUT2D eigenvalue weighted by molar-refractivity contribution is 0.138. The third kappa shape index (κ3) is 2.76. The van der Waals surface area contributed by atoms with Crippen LogP contribution in [-0.2, 0) is 6.42 Å². The van der Waals surface area contributed by atoms with E-state index in [1.165, 1.54) is 5.56 Å². The summed E-state index contributed by atoms with van der Waals surface area (Å²) in [7, 11) is 0. The van der Waals surface area contributed by atoms with Gasteiger partial charge in [0.05, 0.1) is 6.04 Å². The Morgan fingerprint density at radius 2 is 1.81 bits per heavy atom. The number of hydrogen-bond donors (Lipinski definition) is 1. The van der Waals surface area contributed by atoms with Crippen LogP contribution in [-0.4, -0.2) is 5.60 Å². The number of ether oxygens (including phenoxy) is 1. The highest BCUT2D eigenvalue weighted by Crippen LogP contribution is 2.38. The predicted molar refractivity (Wildman–Crippen MR) is 87.3 cm³/mol. The van der Waals surface area contributed by atoms with E-state index in [1.54, 1.807) is 0 Å². The first-order chi connectivity index (χ1) is 9.87. The van der Waals surface area contributed by atoms with Crippen LogP contribution in [0.5, 0.6) is 5.75 Å². The molecule has 0 saturated carbocycles. The molecule has 2 aromatic rings. The highest BCUT2D eigenvalue weighted by molar-refractivity contribution is 6.36. The van der Waals surface area contributed by atoms with Gasteiger partial charge in [0, 0.05) is 22.0 Å². The lowest BCUT2D eigenvalue weighted by Gasteiger charge is -2.17. The molecule has 4 heteroatoms. The summed E-state index contributed by atoms with van der Waals surface area (Å²) in [6.07, 6.45) is 0.874. The number of nitrogens with two attached hydrogens (primary N) is 1. The average molecular weight is 322 g/mol. The third-order valence-corrected chi connectivity index (χ3v) is 4.42. The maximum atomic E-state index is 6.37. The molecule has 0 aliphatic carbocycles. The molecule has 3 rings (SSSR count). The number of benzene rings is 2. The van der Waals surface area contributed by atoms with Crippen LogP contribution in [0.1, 0.15) is 36.6 Å². The molecule has 0 spiro atoms. The maximum Gasteiger partial charge on any atom is 0.123 e. The zero-order valence-corrected chi connectivity index (χ0v) is 13.5. The molecule has 2 aromatic carbocycles. The summed E-state index contributed by atoms with van der Waals surface area (Å²) in [6, 6.07) is 11.1. The van der Waals surface area contributed by atoms with Gasteiger partial charge >= 0.3 is 0 Å². The Morgan fingerprint density at radius 3 is 2.48 bits per heavy atom. The van der Waals surface area contributed by atoms with Gasteiger partial charge in [0.2, 0.25) is 0 Å². The van der Waals surface area contributed by atoms with Crippen LogP contribution < -0.4 is 10.5 Å². The average Bonchev–Trinajstić information content (AvgIpc) is 2.70. The molecule has 0 aromatic heterocycles. The molecule has 1 unspecified atom stereocenters. The van der Waals surface area contributed by atoms with E-state index in [1.807, 2.05) is 30.3 Å². The molecule has 1 aliphatic rings. The van der Waals surface area contributed by atoms with Gasteiger partial charge < -0.3 is 10.5 Å². The molecule has 1 heterocycles. The molecule has 2 N–H and O–H groups in total. The van der Waals surface area contributed by atoms with Gasteiger partial charge in [-0.2, -0.15) is 0 Å². The monoisotopic (exact) mass is 321 g/mol. The largest absolute Gasteiger partial charge is 0.487 e. The van der Waals surface area contributed by atoms with Crippen LogP contribution in [0.25, 0.3) is 0 Å². The van der Waals surface area contributed by atoms with Gasteiger partial charge in [-0.3, -0.25) is 0 Å². The topological polar surface area (TPSA) is 35.2 Å². The van der Waals surface area contributed by atoms with Gasteiger partial charge in [-0.25, -0.2) is 0 Å². The van der Waals surface area contributed by atoms with E-state index in [-0.39, 0.29) is 11.6 Å². The minimum absolute atomic E-state index is 0.160. The summed E-state index contributed by atoms with van der Waals surface area (Å²) in [5.74, 6) is 0.932. The fraction of sp³-hybridized carbons (Fsp3) is 0.294. The van der Waals surface area contributed by atoms with E-state index >= 15 is 0 Å². The molecular weight excluding hydrogens is 305 g/mol. The van der Waals surface area contributed by atoms with Crippen LogP contribution >= 0.6 is 23.2 Å². The Balaban J connectivity index is 1.99. The highest BCUT2D eigenvalue weighted by Gasteiger charge is 2.30. The Labute approximate surface area is 134 Å². The zero-order valence-electron chi connectivity index (χ0n) is 12.0. The summed E-state index contributed by atoms with van der Waals surface area (Å²) in [4.78, 5) is 0. The van der Waals surface area contributed by atoms with Crippen molar-refractivity contribution in [1.82, 2.24) is 0 Å². The fourth-order valence-electron chi connectivity index (χ4n) is 2.80. The van der Waals surface area contributed by atoms with Gasteiger partial charge in [0.15, 0.2) is 0 Å². The SMILES string of the molecule is CC1(C)Cc2cc(C(N)c3c(Cl)cccc3Cl)ccc2O1. The van der Waals surface area contributed by atoms with Crippen molar-refractivity contribution < 1.29 is 4.74 Å². The summed E-state index contributed by atoms with van der Waals surface area (Å²) in [5.41, 5.74) is 9.14. The van der Waals surface area contributed by atoms with E-state index in [2.05, 4.69) is 19.9 Å². The second kappa shape index (κ2) is 5.20. The van der Waals surface area contributed by atoms with Crippen LogP contribution in [0.3, 0.4) is 0 Å². The van der Waals surface area contributed by atoms with Crippen LogP contribution in [0.2, 0.25) is 10.0 Å². The van der Waals surface area contributed by atoms with Crippen molar-refractivity contribution in [1.29, 1.82) is 0 Å². The lowest BCUT2D eigenvalue weighted by atomic mass is 9.95. The highest BCUT2D eigenvalue weighted by atomic mass is 35.5. The Kier molecular flexibility index (Phi) is 3.64. The fourth-order valence-corrected chi connectivity index (χ4v) is 3.43. The van der Waals surface area contributed by atoms with Crippen molar-refractivity contribution >= 4 is 23.2 Å². The Hall–Kier alpha value is -1.22. The van der Waals surface area contributed by atoms with Crippen molar-refractivity contribution in [2.24, 2.45) is 5.73 Å². The van der Waals surface area contributed by atoms with Crippen LogP contribution in [0.15, 0.2) is 36.4 Å². The predicted octanol–water partition coefficient (Wildman–Crippen LogP) is 4.76. The molecule has 1 aliphatic heterocycles. The zero-order chi connectivity index (χ0) is 15.2. The number of halogens is 2. The van der Waals surface area contributed by atoms with E-state index in [0.29, 0.717) is 10.0 Å². The number of hydrogen-bond acceptors (Lipinski definition) is 2. The maximum absolute atomic E-state index is 6.37. The second-order valence-electron chi connectivity index (χ2n) is 6.02. The molecular formula is C17H17Cl2NO. The van der Waals surface area contributed by atoms with E-state index < -0.39 is 0 Å². The van der Waals surface area contributed by atoms with Gasteiger partial charge in [-0.1, -0.05) is 41.4 Å². The summed E-state index contributed by atoms with van der Waals surface area (Å²) in [5, 5.41) is 1.18. The number of fused-ring (bicyclic) bond motifs is 1. The van der Waals surface area contributed by atoms with Crippen molar-refractivity contribution in [3.05, 3.63) is 63.1 Å². The van der Waals surface area contributed by atoms with Gasteiger partial charge in [0.25, 0.3) is 0 Å². The molecule has 0 fully saturated rings. The summed E-state index contributed by atoms with van der Waals surface area (Å²) >= 11 is 12.5. The molecule has 21 heavy (non-hydrogen) atoms. The van der Waals surface area contributed by atoms with Crippen LogP contribution in [0, 0.1) is 0 Å². The van der Waals surface area contributed by atoms with Crippen LogP contribution in [0.4, 0.5) is 0 Å². The normalized spacial score (nSPS) is 17.2. The van der Waals surface area contributed by atoms with E-state index in [9.17, 15) is 0 Å². The molecule has 110 valence electrons. The number of rotatable bonds is 2. The summed E-state index contributed by atoms with van der Waals surface area (Å²) < 4.78 is 5.89. The second-order valence-corrected chi connectivity index (χ2v) is 6.83. The van der Waals surface area contributed by atoms with Gasteiger partial charge in [0.1, 0.15) is 11.4 Å². The molecule has 2 nitrogen and oxygen atoms in total. The Bertz CT molecular complexity index is 677. The molecule has 0 amide bonds. The molecule has 1 atom stereocenters. The van der Waals surface area contributed by atoms with Crippen molar-refractivity contribution in [3.63, 3.8) is 0 Å². The first-order valence-electron chi connectivity index (χ1n) is 6.89. The summed E-state index contributed by atoms with van der Waals surface area (Å²) in [6.45, 7) is 4.16. The smallest absolute Gasteiger partial charge is 0.123 e. The lowest BCUT2D eigenvalue weighted by Crippen LogP contribution is -2.24. The molecule has 0 saturated heterocycles. The van der Waals surface area contributed by atoms with Crippen molar-refractivity contribution in [2.45, 2.75) is 31.9 Å². The van der Waals surface area contributed by atoms with Crippen molar-refractivity contribution in [2.75, 3.05) is 0 Å². The molecule has 0 radical (unpaired) electrons. The standard InChI is InChI=1S/C17H17Cl2NO/c1-17(2)9-11-8-10(6-7-14(11)21-17)16(20)15-12(18)4-3-5-13(15)19/h3-8,16H,9,20H2,1-2H3. The first kappa shape index (κ1) is 14.7. The third-order valence-electron chi connectivity index (χ3n) is 3.76. The van der Waals surface area contributed by atoms with Gasteiger partial charge in [-0.05, 0) is 43.2 Å².